The molecule has 4 saturated carbocycles. The molecule has 0 bridgehead atoms. The van der Waals surface area contributed by atoms with E-state index in [1.807, 2.05) is 45.0 Å². The molecule has 10 N–H and O–H groups in total. The Morgan fingerprint density at radius 3 is 1.76 bits per heavy atom. The van der Waals surface area contributed by atoms with Crippen molar-refractivity contribution in [3.8, 4) is 45.5 Å². The summed E-state index contributed by atoms with van der Waals surface area (Å²) in [4.78, 5) is 49.5. The Bertz CT molecular complexity index is 2730. The lowest BCUT2D eigenvalue weighted by Gasteiger charge is -2.35. The number of aromatic nitrogens is 2. The van der Waals surface area contributed by atoms with E-state index in [4.69, 9.17) is 40.4 Å². The molecule has 2 saturated heterocycles. The number of nitrogens with zero attached hydrogens (tertiary/aromatic N) is 3. The summed E-state index contributed by atoms with van der Waals surface area (Å²) in [7, 11) is 0. The van der Waals surface area contributed by atoms with Gasteiger partial charge in [-0.2, -0.15) is 0 Å². The second kappa shape index (κ2) is 27.9. The quantitative estimate of drug-likeness (QED) is 0.0519. The van der Waals surface area contributed by atoms with E-state index in [9.17, 15) is 24.6 Å². The smallest absolute Gasteiger partial charge is 0.410 e. The number of nitrogens with two attached hydrogens (primary N) is 2. The van der Waals surface area contributed by atoms with Crippen molar-refractivity contribution in [2.75, 3.05) is 50.9 Å². The van der Waals surface area contributed by atoms with Gasteiger partial charge in [-0.3, -0.25) is 0 Å². The minimum absolute atomic E-state index is 0. The van der Waals surface area contributed by atoms with E-state index in [-0.39, 0.29) is 72.4 Å². The minimum Gasteiger partial charge on any atom is -0.507 e. The number of hydrogen-bond acceptors (Lipinski definition) is 14. The summed E-state index contributed by atoms with van der Waals surface area (Å²) in [6.45, 7) is 10.1. The highest BCUT2D eigenvalue weighted by molar-refractivity contribution is 5.85. The van der Waals surface area contributed by atoms with Crippen molar-refractivity contribution in [1.29, 1.82) is 0 Å². The summed E-state index contributed by atoms with van der Waals surface area (Å²) >= 11 is 0. The number of aromatic hydroxyl groups is 2. The Labute approximate surface area is 478 Å². The van der Waals surface area contributed by atoms with E-state index in [0.717, 1.165) is 107 Å². The molecule has 2 aromatic heterocycles. The van der Waals surface area contributed by atoms with Crippen molar-refractivity contribution in [2.45, 2.75) is 179 Å². The topological polar surface area (TPSA) is 258 Å². The van der Waals surface area contributed by atoms with Crippen molar-refractivity contribution in [1.82, 2.24) is 36.1 Å². The molecule has 2 aliphatic heterocycles. The monoisotopic (exact) mass is 1120 g/mol. The van der Waals surface area contributed by atoms with E-state index >= 15 is 0 Å². The van der Waals surface area contributed by atoms with E-state index in [1.54, 1.807) is 29.2 Å². The van der Waals surface area contributed by atoms with Gasteiger partial charge in [0, 0.05) is 49.3 Å². The van der Waals surface area contributed by atoms with Gasteiger partial charge < -0.3 is 66.8 Å². The number of phenolic OH excluding ortho intramolecular Hbond substituents is 2. The summed E-state index contributed by atoms with van der Waals surface area (Å²) in [6.07, 6.45) is 18.2. The molecule has 80 heavy (non-hydrogen) atoms. The first-order chi connectivity index (χ1) is 38.2. The van der Waals surface area contributed by atoms with Crippen LogP contribution in [0.4, 0.5) is 26.0 Å². The third kappa shape index (κ3) is 16.6. The highest BCUT2D eigenvalue weighted by Crippen LogP contribution is 2.44. The number of piperidine rings is 2. The first kappa shape index (κ1) is 59.7. The standard InChI is InChI=1S/C33H46N4O6.C28H39N5O3.ClH/c1-33(2,3)43-32(40)37-16-8-9-22(19-37)24-17-26(29-27(38)12-7-13-28(29)41-20-21-14-15-21)36-30(34)25(24)18-35-31(39)42-23-10-5-4-6-11-23;29-27-22(16-31-28(35)32-20-7-2-1-3-8-20)21(19-6-5-13-30-15-19)14-23(33-27)26-24(34)9-4-10-25(26)36-17-18-11-12-18;/h7,12-13,17,21-23,38H,4-6,8-11,14-16,18-20H2,1-3H3,(H2,34,36)(H,35,39);4,9-10,14,18-20,30,34H,1-3,5-8,11-13,15-17H2,(H2,29,33)(H2,31,32,35);1H. The third-order valence-corrected chi connectivity index (χ3v) is 16.1. The fraction of sp³-hybridized carbons (Fsp3) is 0.590. The first-order valence-electron chi connectivity index (χ1n) is 29.3. The van der Waals surface area contributed by atoms with Crippen molar-refractivity contribution in [2.24, 2.45) is 11.8 Å². The van der Waals surface area contributed by atoms with Gasteiger partial charge in [-0.15, -0.1) is 12.4 Å². The highest BCUT2D eigenvalue weighted by Gasteiger charge is 2.33. The largest absolute Gasteiger partial charge is 0.507 e. The summed E-state index contributed by atoms with van der Waals surface area (Å²) in [5.41, 5.74) is 18.2. The number of rotatable bonds is 16. The van der Waals surface area contributed by atoms with E-state index in [2.05, 4.69) is 21.3 Å². The number of alkyl carbamates (subject to hydrolysis) is 1. The number of phenols is 2. The lowest BCUT2D eigenvalue weighted by atomic mass is 9.86. The summed E-state index contributed by atoms with van der Waals surface area (Å²) < 4.78 is 23.5. The molecule has 4 aromatic rings. The zero-order chi connectivity index (χ0) is 55.5. The van der Waals surface area contributed by atoms with Crippen LogP contribution in [0.3, 0.4) is 0 Å². The number of urea groups is 1. The number of ether oxygens (including phenoxy) is 4. The molecule has 2 aromatic carbocycles. The molecular weight excluding hydrogens is 1040 g/mol. The fourth-order valence-electron chi connectivity index (χ4n) is 11.4. The molecule has 19 heteroatoms. The Kier molecular flexibility index (Phi) is 20.8. The number of likely N-dealkylation sites (tertiary alicyclic amines) is 1. The molecule has 2 unspecified atom stereocenters. The average Bonchev–Trinajstić information content (AvgIpc) is 4.39. The van der Waals surface area contributed by atoms with Gasteiger partial charge in [0.05, 0.1) is 42.3 Å². The Morgan fingerprint density at radius 2 is 1.23 bits per heavy atom. The Balaban J connectivity index is 0.000000211. The predicted molar refractivity (Wildman–Crippen MR) is 312 cm³/mol. The maximum atomic E-state index is 13.0. The van der Waals surface area contributed by atoms with Crippen LogP contribution in [0.5, 0.6) is 23.0 Å². The molecule has 4 amide bonds. The molecule has 4 aliphatic carbocycles. The van der Waals surface area contributed by atoms with Gasteiger partial charge in [-0.1, -0.05) is 37.8 Å². The number of nitrogens with one attached hydrogen (secondary N) is 4. The molecule has 18 nitrogen and oxygen atoms in total. The van der Waals surface area contributed by atoms with Crippen molar-refractivity contribution < 1.29 is 43.5 Å². The molecule has 4 heterocycles. The van der Waals surface area contributed by atoms with Gasteiger partial charge in [0.15, 0.2) is 0 Å². The van der Waals surface area contributed by atoms with E-state index in [1.165, 1.54) is 38.5 Å². The summed E-state index contributed by atoms with van der Waals surface area (Å²) in [5.74, 6) is 3.26. The van der Waals surface area contributed by atoms with Crippen molar-refractivity contribution in [3.63, 3.8) is 0 Å². The lowest BCUT2D eigenvalue weighted by Crippen LogP contribution is -2.42. The van der Waals surface area contributed by atoms with E-state index in [0.29, 0.717) is 90.1 Å². The SMILES string of the molecule is CC(C)(C)OC(=O)N1CCCC(c2cc(-c3c(O)cccc3OCC3CC3)nc(N)c2CNC(=O)OC2CCCCC2)C1.Cl.Nc1nc(-c2c(O)cccc2OCC2CC2)cc(C2CCCNC2)c1CNC(=O)NC1CCCCC1. The molecule has 10 rings (SSSR count). The predicted octanol–water partition coefficient (Wildman–Crippen LogP) is 11.3. The number of hydrogen-bond donors (Lipinski definition) is 8. The number of amides is 4. The number of benzene rings is 2. The molecule has 436 valence electrons. The van der Waals surface area contributed by atoms with Gasteiger partial charge in [0.25, 0.3) is 0 Å². The Hall–Kier alpha value is -6.40. The van der Waals surface area contributed by atoms with Gasteiger partial charge in [0.1, 0.15) is 46.3 Å². The van der Waals surface area contributed by atoms with Crippen LogP contribution in [-0.4, -0.2) is 100 Å². The zero-order valence-electron chi connectivity index (χ0n) is 47.1. The zero-order valence-corrected chi connectivity index (χ0v) is 47.9. The molecule has 0 spiro atoms. The van der Waals surface area contributed by atoms with Gasteiger partial charge in [0.2, 0.25) is 0 Å². The fourth-order valence-corrected chi connectivity index (χ4v) is 11.4. The summed E-state index contributed by atoms with van der Waals surface area (Å²) in [5, 5.41) is 34.2. The molecule has 0 radical (unpaired) electrons. The molecular formula is C61H86ClN9O9. The van der Waals surface area contributed by atoms with Crippen LogP contribution in [0.15, 0.2) is 48.5 Å². The van der Waals surface area contributed by atoms with Gasteiger partial charge in [-0.25, -0.2) is 24.4 Å². The maximum Gasteiger partial charge on any atom is 0.410 e. The second-order valence-electron chi connectivity index (χ2n) is 23.7. The minimum atomic E-state index is -0.603. The number of carbonyl (C=O) groups excluding carboxylic acids is 3. The maximum absolute atomic E-state index is 13.0. The number of carbonyl (C=O) groups is 3. The van der Waals surface area contributed by atoms with Gasteiger partial charge in [-0.05, 0) is 182 Å². The van der Waals surface area contributed by atoms with Gasteiger partial charge >= 0.3 is 18.2 Å². The van der Waals surface area contributed by atoms with Crippen molar-refractivity contribution >= 4 is 42.3 Å². The van der Waals surface area contributed by atoms with Crippen LogP contribution in [0.1, 0.15) is 170 Å². The van der Waals surface area contributed by atoms with Crippen LogP contribution in [-0.2, 0) is 22.6 Å². The van der Waals surface area contributed by atoms with Crippen LogP contribution in [0.25, 0.3) is 22.5 Å². The van der Waals surface area contributed by atoms with Crippen molar-refractivity contribution in [3.05, 3.63) is 70.8 Å². The van der Waals surface area contributed by atoms with Crippen LogP contribution in [0.2, 0.25) is 0 Å². The first-order valence-corrected chi connectivity index (χ1v) is 29.3. The molecule has 6 fully saturated rings. The molecule has 6 aliphatic rings. The Morgan fingerprint density at radius 1 is 0.688 bits per heavy atom. The number of pyridine rings is 2. The highest BCUT2D eigenvalue weighted by atomic mass is 35.5. The average molecular weight is 1120 g/mol. The number of anilines is 2. The van der Waals surface area contributed by atoms with Crippen LogP contribution >= 0.6 is 12.4 Å². The van der Waals surface area contributed by atoms with Crippen LogP contribution in [0, 0.1) is 11.8 Å². The molecule has 2 atom stereocenters. The normalized spacial score (nSPS) is 19.8. The summed E-state index contributed by atoms with van der Waals surface area (Å²) in [6, 6.07) is 14.6. The number of nitrogen functional groups attached to an aromatic ring is 2. The third-order valence-electron chi connectivity index (χ3n) is 16.1. The number of halogens is 1. The second-order valence-corrected chi connectivity index (χ2v) is 23.7. The lowest BCUT2D eigenvalue weighted by molar-refractivity contribution is 0.0198. The van der Waals surface area contributed by atoms with Crippen LogP contribution < -0.4 is 42.2 Å². The van der Waals surface area contributed by atoms with E-state index < -0.39 is 11.7 Å².